The number of benzene rings is 4. The van der Waals surface area contributed by atoms with Crippen molar-refractivity contribution in [3.8, 4) is 11.1 Å². The Kier molecular flexibility index (Phi) is 17.1. The fraction of sp³-hybridized carbons (Fsp3) is 0.463. The second kappa shape index (κ2) is 22.3. The van der Waals surface area contributed by atoms with E-state index in [0.717, 1.165) is 29.5 Å². The van der Waals surface area contributed by atoms with Crippen LogP contribution in [0.1, 0.15) is 133 Å². The van der Waals surface area contributed by atoms with E-state index in [1.54, 1.807) is 63.2 Å². The van der Waals surface area contributed by atoms with Gasteiger partial charge in [-0.2, -0.15) is 0 Å². The zero-order valence-corrected chi connectivity index (χ0v) is 41.8. The van der Waals surface area contributed by atoms with Gasteiger partial charge in [0, 0.05) is 43.1 Å². The molecule has 0 radical (unpaired) electrons. The number of hydrogen-bond acceptors (Lipinski definition) is 8. The van der Waals surface area contributed by atoms with Crippen molar-refractivity contribution < 1.29 is 38.2 Å². The zero-order valence-electron chi connectivity index (χ0n) is 40.3. The number of hydrogen-bond donors (Lipinski definition) is 4. The summed E-state index contributed by atoms with van der Waals surface area (Å²) in [6.07, 6.45) is 4.28. The molecule has 364 valence electrons. The van der Waals surface area contributed by atoms with E-state index < -0.39 is 46.2 Å². The fourth-order valence-electron chi connectivity index (χ4n) is 8.96. The zero-order chi connectivity index (χ0) is 49.3. The maximum atomic E-state index is 14.2. The van der Waals surface area contributed by atoms with Crippen molar-refractivity contribution in [1.29, 1.82) is 0 Å². The van der Waals surface area contributed by atoms with Gasteiger partial charge in [0.25, 0.3) is 5.91 Å². The molecule has 4 N–H and O–H groups in total. The van der Waals surface area contributed by atoms with Crippen LogP contribution in [0.3, 0.4) is 0 Å². The van der Waals surface area contributed by atoms with Crippen molar-refractivity contribution in [2.24, 2.45) is 5.41 Å². The predicted octanol–water partition coefficient (Wildman–Crippen LogP) is 11.0. The van der Waals surface area contributed by atoms with Crippen LogP contribution in [0.15, 0.2) is 91.0 Å². The Morgan fingerprint density at radius 2 is 1.37 bits per heavy atom. The summed E-state index contributed by atoms with van der Waals surface area (Å²) >= 11 is 12.5. The summed E-state index contributed by atoms with van der Waals surface area (Å²) in [7, 11) is 0. The molecule has 0 unspecified atom stereocenters. The van der Waals surface area contributed by atoms with Crippen molar-refractivity contribution in [1.82, 2.24) is 16.0 Å². The summed E-state index contributed by atoms with van der Waals surface area (Å²) in [6, 6.07) is 27.3. The lowest BCUT2D eigenvalue weighted by Gasteiger charge is -2.31. The highest BCUT2D eigenvalue weighted by Gasteiger charge is 2.43. The molecule has 0 aliphatic heterocycles. The Balaban J connectivity index is 0.945. The number of carbonyl (C=O) groups is 5. The van der Waals surface area contributed by atoms with E-state index in [2.05, 4.69) is 45.5 Å². The van der Waals surface area contributed by atoms with Crippen LogP contribution in [0.25, 0.3) is 11.1 Å². The van der Waals surface area contributed by atoms with E-state index in [4.69, 9.17) is 37.4 Å². The first-order valence-electron chi connectivity index (χ1n) is 23.6. The molecule has 2 aliphatic rings. The maximum absolute atomic E-state index is 14.2. The standard InChI is InChI=1S/C54H66Cl2N4O8/c1-51(2,3)68-48(63)44(33-35-21-23-36(24-22-35)58-47(62)46-42(55)19-14-20-43(46)56)59-49(64)54(26-12-13-27-54)29-31-57-45(61)25-28-53(6,7)67-32-30-52(4,5)60-50(65)66-34-41-39-17-10-8-15-37(39)38-16-9-11-18-40(38)41/h8-11,14-24,41,44H,12-13,25-34H2,1-7H3,(H,57,61)(H,58,62)(H,59,64)(H,60,65)/t44-/m0/s1. The van der Waals surface area contributed by atoms with Crippen molar-refractivity contribution >= 4 is 58.7 Å². The molecular formula is C54H66Cl2N4O8. The summed E-state index contributed by atoms with van der Waals surface area (Å²) in [4.78, 5) is 66.9. The highest BCUT2D eigenvalue weighted by atomic mass is 35.5. The monoisotopic (exact) mass is 968 g/mol. The van der Waals surface area contributed by atoms with Gasteiger partial charge < -0.3 is 35.5 Å². The molecule has 0 spiro atoms. The molecule has 6 rings (SSSR count). The van der Waals surface area contributed by atoms with Gasteiger partial charge in [0.05, 0.1) is 26.6 Å². The highest BCUT2D eigenvalue weighted by Crippen LogP contribution is 2.45. The third kappa shape index (κ3) is 14.1. The van der Waals surface area contributed by atoms with E-state index in [-0.39, 0.29) is 52.8 Å². The van der Waals surface area contributed by atoms with Gasteiger partial charge in [0.2, 0.25) is 11.8 Å². The molecule has 0 heterocycles. The van der Waals surface area contributed by atoms with Gasteiger partial charge >= 0.3 is 12.1 Å². The molecule has 2 aliphatic carbocycles. The Bertz CT molecular complexity index is 2380. The summed E-state index contributed by atoms with van der Waals surface area (Å²) in [5, 5.41) is 12.3. The second-order valence-electron chi connectivity index (χ2n) is 20.3. The first-order chi connectivity index (χ1) is 32.1. The van der Waals surface area contributed by atoms with Crippen LogP contribution < -0.4 is 21.3 Å². The molecule has 12 nitrogen and oxygen atoms in total. The van der Waals surface area contributed by atoms with E-state index in [1.165, 1.54) is 11.1 Å². The third-order valence-corrected chi connectivity index (χ3v) is 13.4. The van der Waals surface area contributed by atoms with Crippen LogP contribution >= 0.6 is 23.2 Å². The van der Waals surface area contributed by atoms with Crippen LogP contribution in [0.5, 0.6) is 0 Å². The Morgan fingerprint density at radius 1 is 0.765 bits per heavy atom. The van der Waals surface area contributed by atoms with Crippen LogP contribution in [-0.2, 0) is 35.0 Å². The number of esters is 1. The van der Waals surface area contributed by atoms with E-state index in [0.29, 0.717) is 50.9 Å². The van der Waals surface area contributed by atoms with Crippen molar-refractivity contribution in [2.45, 2.75) is 135 Å². The van der Waals surface area contributed by atoms with Gasteiger partial charge in [0.1, 0.15) is 18.2 Å². The summed E-state index contributed by atoms with van der Waals surface area (Å²) in [6.45, 7) is 14.0. The molecule has 0 saturated heterocycles. The van der Waals surface area contributed by atoms with Crippen LogP contribution in [0.2, 0.25) is 10.0 Å². The van der Waals surface area contributed by atoms with Crippen LogP contribution in [-0.4, -0.2) is 72.3 Å². The lowest BCUT2D eigenvalue weighted by Crippen LogP contribution is -2.51. The molecule has 14 heteroatoms. The van der Waals surface area contributed by atoms with Gasteiger partial charge in [-0.05, 0) is 133 Å². The Morgan fingerprint density at radius 3 is 1.97 bits per heavy atom. The second-order valence-corrected chi connectivity index (χ2v) is 21.1. The predicted molar refractivity (Wildman–Crippen MR) is 267 cm³/mol. The largest absolute Gasteiger partial charge is 0.458 e. The number of fused-ring (bicyclic) bond motifs is 3. The van der Waals surface area contributed by atoms with Gasteiger partial charge in [-0.3, -0.25) is 14.4 Å². The number of nitrogens with one attached hydrogen (secondary N) is 4. The summed E-state index contributed by atoms with van der Waals surface area (Å²) < 4.78 is 17.8. The SMILES string of the molecule is CC(C)(CCOC(C)(C)CCC(=O)NCCC1(C(=O)N[C@@H](Cc2ccc(NC(=O)c3c(Cl)cccc3Cl)cc2)C(=O)OC(C)(C)C)CCCC1)NC(=O)OCC1c2ccccc2-c2ccccc21. The average molecular weight is 970 g/mol. The molecule has 4 amide bonds. The number of amides is 4. The molecular weight excluding hydrogens is 904 g/mol. The number of alkyl carbamates (subject to hydrolysis) is 1. The molecule has 0 bridgehead atoms. The van der Waals surface area contributed by atoms with Gasteiger partial charge in [-0.1, -0.05) is 103 Å². The average Bonchev–Trinajstić information content (AvgIpc) is 3.88. The van der Waals surface area contributed by atoms with E-state index in [1.807, 2.05) is 52.0 Å². The lowest BCUT2D eigenvalue weighted by atomic mass is 9.81. The molecule has 1 saturated carbocycles. The molecule has 4 aromatic carbocycles. The van der Waals surface area contributed by atoms with Crippen molar-refractivity contribution in [3.05, 3.63) is 123 Å². The normalized spacial score (nSPS) is 14.8. The van der Waals surface area contributed by atoms with Crippen LogP contribution in [0.4, 0.5) is 10.5 Å². The van der Waals surface area contributed by atoms with E-state index in [9.17, 15) is 24.0 Å². The minimum absolute atomic E-state index is 0.0280. The fourth-order valence-corrected chi connectivity index (χ4v) is 9.53. The van der Waals surface area contributed by atoms with E-state index >= 15 is 0 Å². The third-order valence-electron chi connectivity index (χ3n) is 12.8. The maximum Gasteiger partial charge on any atom is 0.407 e. The number of ether oxygens (including phenoxy) is 3. The Labute approximate surface area is 410 Å². The first-order valence-corrected chi connectivity index (χ1v) is 24.3. The summed E-state index contributed by atoms with van der Waals surface area (Å²) in [5.41, 5.74) is 3.29. The Hall–Kier alpha value is -5.43. The topological polar surface area (TPSA) is 161 Å². The first kappa shape index (κ1) is 52.0. The summed E-state index contributed by atoms with van der Waals surface area (Å²) in [5.74, 6) is -1.43. The quantitative estimate of drug-likeness (QED) is 0.0637. The minimum atomic E-state index is -0.979. The number of rotatable bonds is 20. The number of halogens is 2. The number of anilines is 1. The molecule has 68 heavy (non-hydrogen) atoms. The van der Waals surface area contributed by atoms with Gasteiger partial charge in [-0.15, -0.1) is 0 Å². The van der Waals surface area contributed by atoms with Crippen LogP contribution in [0, 0.1) is 5.41 Å². The molecule has 1 atom stereocenters. The van der Waals surface area contributed by atoms with Crippen molar-refractivity contribution in [2.75, 3.05) is 25.1 Å². The van der Waals surface area contributed by atoms with Gasteiger partial charge in [0.15, 0.2) is 0 Å². The molecule has 4 aromatic rings. The highest BCUT2D eigenvalue weighted by molar-refractivity contribution is 6.40. The molecule has 1 fully saturated rings. The molecule has 0 aromatic heterocycles. The number of carbonyl (C=O) groups excluding carboxylic acids is 5. The van der Waals surface area contributed by atoms with Gasteiger partial charge in [-0.25, -0.2) is 9.59 Å². The smallest absolute Gasteiger partial charge is 0.407 e. The van der Waals surface area contributed by atoms with Crippen molar-refractivity contribution in [3.63, 3.8) is 0 Å². The lowest BCUT2D eigenvalue weighted by molar-refractivity contribution is -0.159. The minimum Gasteiger partial charge on any atom is -0.458 e.